The molecule has 1 N–H and O–H groups in total. The van der Waals surface area contributed by atoms with E-state index in [-0.39, 0.29) is 5.91 Å². The Kier molecular flexibility index (Phi) is 4.46. The van der Waals surface area contributed by atoms with Gasteiger partial charge in [0.15, 0.2) is 0 Å². The van der Waals surface area contributed by atoms with Crippen LogP contribution in [0.5, 0.6) is 0 Å². The standard InChI is InChI=1S/C21H19N3OS/c1-2-24-10-9-17-18(12-22)21(26-19(17)13-24)23-20(25)16-8-7-14-5-3-4-6-15(14)11-16/h3-8,11H,2,9-10,13H2,1H3,(H,23,25). The topological polar surface area (TPSA) is 56.1 Å². The van der Waals surface area contributed by atoms with E-state index in [9.17, 15) is 10.1 Å². The first-order valence-corrected chi connectivity index (χ1v) is 9.58. The molecule has 2 heterocycles. The number of nitrogens with zero attached hydrogens (tertiary/aromatic N) is 2. The van der Waals surface area contributed by atoms with Crippen molar-refractivity contribution in [2.75, 3.05) is 18.4 Å². The molecule has 1 aromatic heterocycles. The zero-order valence-electron chi connectivity index (χ0n) is 14.6. The molecule has 0 saturated carbocycles. The maximum Gasteiger partial charge on any atom is 0.256 e. The fourth-order valence-electron chi connectivity index (χ4n) is 3.44. The Labute approximate surface area is 156 Å². The third-order valence-electron chi connectivity index (χ3n) is 4.93. The molecule has 0 fully saturated rings. The molecule has 5 heteroatoms. The van der Waals surface area contributed by atoms with Crippen molar-refractivity contribution in [1.29, 1.82) is 5.26 Å². The highest BCUT2D eigenvalue weighted by atomic mass is 32.1. The number of nitriles is 1. The Balaban J connectivity index is 1.63. The SMILES string of the molecule is CCN1CCc2c(sc(NC(=O)c3ccc4ccccc4c3)c2C#N)C1. The summed E-state index contributed by atoms with van der Waals surface area (Å²) in [7, 11) is 0. The molecule has 1 amide bonds. The van der Waals surface area contributed by atoms with Crippen LogP contribution >= 0.6 is 11.3 Å². The van der Waals surface area contributed by atoms with Crippen molar-refractivity contribution in [2.45, 2.75) is 19.9 Å². The quantitative estimate of drug-likeness (QED) is 0.752. The van der Waals surface area contributed by atoms with Gasteiger partial charge in [-0.15, -0.1) is 11.3 Å². The van der Waals surface area contributed by atoms with Crippen molar-refractivity contribution >= 4 is 33.0 Å². The summed E-state index contributed by atoms with van der Waals surface area (Å²) in [4.78, 5) is 16.3. The first kappa shape index (κ1) is 16.8. The second-order valence-corrected chi connectivity index (χ2v) is 7.56. The van der Waals surface area contributed by atoms with E-state index in [1.54, 1.807) is 0 Å². The first-order valence-electron chi connectivity index (χ1n) is 8.76. The van der Waals surface area contributed by atoms with Gasteiger partial charge in [0.05, 0.1) is 5.56 Å². The number of benzene rings is 2. The van der Waals surface area contributed by atoms with Crippen LogP contribution in [0.1, 0.15) is 33.3 Å². The van der Waals surface area contributed by atoms with Crippen LogP contribution in [-0.4, -0.2) is 23.9 Å². The normalized spacial score (nSPS) is 14.0. The highest BCUT2D eigenvalue weighted by Crippen LogP contribution is 2.36. The molecular weight excluding hydrogens is 342 g/mol. The minimum Gasteiger partial charge on any atom is -0.312 e. The summed E-state index contributed by atoms with van der Waals surface area (Å²) in [6.07, 6.45) is 0.869. The average Bonchev–Trinajstić information content (AvgIpc) is 3.03. The first-order chi connectivity index (χ1) is 12.7. The molecule has 0 spiro atoms. The highest BCUT2D eigenvalue weighted by molar-refractivity contribution is 7.16. The van der Waals surface area contributed by atoms with Crippen molar-refractivity contribution in [3.63, 3.8) is 0 Å². The number of carbonyl (C=O) groups excluding carboxylic acids is 1. The van der Waals surface area contributed by atoms with Gasteiger partial charge in [-0.25, -0.2) is 0 Å². The Morgan fingerprint density at radius 2 is 2.08 bits per heavy atom. The van der Waals surface area contributed by atoms with Crippen LogP contribution in [0.2, 0.25) is 0 Å². The van der Waals surface area contributed by atoms with E-state index in [2.05, 4.69) is 23.2 Å². The number of thiophene rings is 1. The molecular formula is C21H19N3OS. The molecule has 0 aliphatic carbocycles. The fraction of sp³-hybridized carbons (Fsp3) is 0.238. The Morgan fingerprint density at radius 3 is 2.85 bits per heavy atom. The largest absolute Gasteiger partial charge is 0.312 e. The molecule has 1 aliphatic heterocycles. The van der Waals surface area contributed by atoms with Gasteiger partial charge in [0, 0.05) is 23.5 Å². The van der Waals surface area contributed by atoms with Crippen LogP contribution in [0, 0.1) is 11.3 Å². The van der Waals surface area contributed by atoms with Crippen LogP contribution in [-0.2, 0) is 13.0 Å². The number of likely N-dealkylation sites (N-methyl/N-ethyl adjacent to an activating group) is 1. The lowest BCUT2D eigenvalue weighted by molar-refractivity contribution is 0.102. The number of anilines is 1. The van der Waals surface area contributed by atoms with Crippen molar-refractivity contribution < 1.29 is 4.79 Å². The molecule has 0 saturated heterocycles. The fourth-order valence-corrected chi connectivity index (χ4v) is 4.67. The van der Waals surface area contributed by atoms with Crippen LogP contribution in [0.3, 0.4) is 0 Å². The molecule has 2 aromatic carbocycles. The van der Waals surface area contributed by atoms with Crippen LogP contribution < -0.4 is 5.32 Å². The second kappa shape index (κ2) is 6.91. The third-order valence-corrected chi connectivity index (χ3v) is 6.07. The van der Waals surface area contributed by atoms with Gasteiger partial charge in [-0.2, -0.15) is 5.26 Å². The number of carbonyl (C=O) groups is 1. The Morgan fingerprint density at radius 1 is 1.27 bits per heavy atom. The molecule has 26 heavy (non-hydrogen) atoms. The van der Waals surface area contributed by atoms with Crippen molar-refractivity contribution in [1.82, 2.24) is 4.90 Å². The Bertz CT molecular complexity index is 1030. The number of hydrogen-bond donors (Lipinski definition) is 1. The zero-order valence-corrected chi connectivity index (χ0v) is 15.4. The van der Waals surface area contributed by atoms with Gasteiger partial charge in [-0.1, -0.05) is 37.3 Å². The predicted molar refractivity (Wildman–Crippen MR) is 106 cm³/mol. The van der Waals surface area contributed by atoms with Crippen molar-refractivity contribution in [3.8, 4) is 6.07 Å². The van der Waals surface area contributed by atoms with E-state index < -0.39 is 0 Å². The van der Waals surface area contributed by atoms with E-state index in [0.717, 1.165) is 42.4 Å². The lowest BCUT2D eigenvalue weighted by atomic mass is 10.0. The number of amides is 1. The average molecular weight is 361 g/mol. The van der Waals surface area contributed by atoms with Crippen molar-refractivity contribution in [3.05, 3.63) is 64.0 Å². The summed E-state index contributed by atoms with van der Waals surface area (Å²) in [5.41, 5.74) is 2.35. The molecule has 0 bridgehead atoms. The lowest BCUT2D eigenvalue weighted by Crippen LogP contribution is -2.29. The zero-order chi connectivity index (χ0) is 18.1. The molecule has 3 aromatic rings. The van der Waals surface area contributed by atoms with Gasteiger partial charge >= 0.3 is 0 Å². The van der Waals surface area contributed by atoms with Gasteiger partial charge in [0.25, 0.3) is 5.91 Å². The lowest BCUT2D eigenvalue weighted by Gasteiger charge is -2.24. The second-order valence-electron chi connectivity index (χ2n) is 6.45. The predicted octanol–water partition coefficient (Wildman–Crippen LogP) is 4.40. The van der Waals surface area contributed by atoms with E-state index in [1.165, 1.54) is 16.2 Å². The van der Waals surface area contributed by atoms with Crippen LogP contribution in [0.4, 0.5) is 5.00 Å². The van der Waals surface area contributed by atoms with E-state index >= 15 is 0 Å². The van der Waals surface area contributed by atoms with E-state index in [1.807, 2.05) is 42.5 Å². The maximum atomic E-state index is 12.7. The summed E-state index contributed by atoms with van der Waals surface area (Å²) >= 11 is 1.54. The number of nitrogens with one attached hydrogen (secondary N) is 1. The number of hydrogen-bond acceptors (Lipinski definition) is 4. The van der Waals surface area contributed by atoms with Crippen LogP contribution in [0.25, 0.3) is 10.8 Å². The molecule has 4 rings (SSSR count). The molecule has 4 nitrogen and oxygen atoms in total. The summed E-state index contributed by atoms with van der Waals surface area (Å²) < 4.78 is 0. The smallest absolute Gasteiger partial charge is 0.256 e. The van der Waals surface area contributed by atoms with E-state index in [4.69, 9.17) is 0 Å². The van der Waals surface area contributed by atoms with Gasteiger partial charge in [-0.3, -0.25) is 9.69 Å². The van der Waals surface area contributed by atoms with Gasteiger partial charge in [-0.05, 0) is 41.4 Å². The monoisotopic (exact) mass is 361 g/mol. The summed E-state index contributed by atoms with van der Waals surface area (Å²) in [6.45, 7) is 4.97. The molecule has 0 radical (unpaired) electrons. The van der Waals surface area contributed by atoms with Gasteiger partial charge in [0.2, 0.25) is 0 Å². The minimum absolute atomic E-state index is 0.168. The van der Waals surface area contributed by atoms with Crippen LogP contribution in [0.15, 0.2) is 42.5 Å². The third kappa shape index (κ3) is 2.98. The molecule has 1 aliphatic rings. The summed E-state index contributed by atoms with van der Waals surface area (Å²) in [5, 5.41) is 15.4. The van der Waals surface area contributed by atoms with Gasteiger partial charge in [0.1, 0.15) is 11.1 Å². The number of fused-ring (bicyclic) bond motifs is 2. The minimum atomic E-state index is -0.168. The molecule has 130 valence electrons. The molecule has 0 atom stereocenters. The van der Waals surface area contributed by atoms with Gasteiger partial charge < -0.3 is 5.32 Å². The maximum absolute atomic E-state index is 12.7. The highest BCUT2D eigenvalue weighted by Gasteiger charge is 2.24. The molecule has 0 unspecified atom stereocenters. The van der Waals surface area contributed by atoms with Crippen molar-refractivity contribution in [2.24, 2.45) is 0 Å². The number of rotatable bonds is 3. The summed E-state index contributed by atoms with van der Waals surface area (Å²) in [6, 6.07) is 15.9. The van der Waals surface area contributed by atoms with E-state index in [0.29, 0.717) is 16.1 Å². The Hall–Kier alpha value is -2.68. The summed E-state index contributed by atoms with van der Waals surface area (Å²) in [5.74, 6) is -0.168.